The zero-order valence-electron chi connectivity index (χ0n) is 15.1. The summed E-state index contributed by atoms with van der Waals surface area (Å²) in [5.41, 5.74) is 4.08. The van der Waals surface area contributed by atoms with Crippen molar-refractivity contribution in [1.29, 1.82) is 0 Å². The minimum absolute atomic E-state index is 0.0247. The Hall–Kier alpha value is -3.67. The van der Waals surface area contributed by atoms with Crippen LogP contribution >= 0.6 is 0 Å². The fourth-order valence-corrected chi connectivity index (χ4v) is 2.93. The van der Waals surface area contributed by atoms with E-state index < -0.39 is 0 Å². The molecule has 1 saturated carbocycles. The molecule has 0 unspecified atom stereocenters. The fourth-order valence-electron chi connectivity index (χ4n) is 2.93. The van der Waals surface area contributed by atoms with E-state index in [1.165, 1.54) is 6.21 Å². The van der Waals surface area contributed by atoms with Crippen LogP contribution in [0.1, 0.15) is 28.8 Å². The summed E-state index contributed by atoms with van der Waals surface area (Å²) in [6.07, 6.45) is 3.31. The molecule has 2 amide bonds. The number of anilines is 1. The molecule has 0 bridgehead atoms. The molecule has 28 heavy (non-hydrogen) atoms. The summed E-state index contributed by atoms with van der Waals surface area (Å²) in [5, 5.41) is 18.7. The van der Waals surface area contributed by atoms with Crippen molar-refractivity contribution in [3.05, 3.63) is 71.8 Å². The Labute approximate surface area is 161 Å². The number of carbonyl (C=O) groups excluding carboxylic acids is 2. The van der Waals surface area contributed by atoms with Gasteiger partial charge in [-0.05, 0) is 53.9 Å². The third-order valence-corrected chi connectivity index (χ3v) is 4.67. The van der Waals surface area contributed by atoms with E-state index in [1.807, 2.05) is 30.3 Å². The Morgan fingerprint density at radius 2 is 1.75 bits per heavy atom. The van der Waals surface area contributed by atoms with Gasteiger partial charge in [0.1, 0.15) is 5.75 Å². The Kier molecular flexibility index (Phi) is 4.76. The fraction of sp³-hybridized carbons (Fsp3) is 0.136. The first-order chi connectivity index (χ1) is 13.6. The Morgan fingerprint density at radius 1 is 1.00 bits per heavy atom. The van der Waals surface area contributed by atoms with Crippen LogP contribution in [-0.4, -0.2) is 23.1 Å². The van der Waals surface area contributed by atoms with Gasteiger partial charge in [0, 0.05) is 22.7 Å². The van der Waals surface area contributed by atoms with E-state index in [1.54, 1.807) is 30.3 Å². The van der Waals surface area contributed by atoms with E-state index >= 15 is 0 Å². The number of nitrogens with zero attached hydrogens (tertiary/aromatic N) is 1. The maximum absolute atomic E-state index is 12.3. The molecule has 0 saturated heterocycles. The number of phenolic OH excluding ortho intramolecular Hbond substituents is 1. The van der Waals surface area contributed by atoms with Crippen molar-refractivity contribution in [1.82, 2.24) is 5.43 Å². The standard InChI is InChI=1S/C22H19N3O3/c26-20-12-9-14-3-1-2-4-18(14)19(20)13-23-25-22(28)16-7-10-17(11-8-16)24-21(27)15-5-6-15/h1-4,7-13,15,26H,5-6H2,(H,24,27)(H,25,28)/b23-13+. The van der Waals surface area contributed by atoms with Crippen LogP contribution in [0.5, 0.6) is 5.75 Å². The monoisotopic (exact) mass is 373 g/mol. The molecular weight excluding hydrogens is 354 g/mol. The number of hydrogen-bond donors (Lipinski definition) is 3. The van der Waals surface area contributed by atoms with Crippen LogP contribution in [0.3, 0.4) is 0 Å². The number of fused-ring (bicyclic) bond motifs is 1. The number of rotatable bonds is 5. The lowest BCUT2D eigenvalue weighted by molar-refractivity contribution is -0.117. The van der Waals surface area contributed by atoms with Gasteiger partial charge in [-0.25, -0.2) is 5.43 Å². The second-order valence-corrected chi connectivity index (χ2v) is 6.76. The first kappa shape index (κ1) is 17.7. The van der Waals surface area contributed by atoms with Crippen molar-refractivity contribution < 1.29 is 14.7 Å². The Morgan fingerprint density at radius 3 is 2.50 bits per heavy atom. The minimum atomic E-state index is -0.379. The van der Waals surface area contributed by atoms with Gasteiger partial charge < -0.3 is 10.4 Å². The third-order valence-electron chi connectivity index (χ3n) is 4.67. The predicted octanol–water partition coefficient (Wildman–Crippen LogP) is 3.66. The highest BCUT2D eigenvalue weighted by Crippen LogP contribution is 2.30. The van der Waals surface area contributed by atoms with Gasteiger partial charge in [-0.15, -0.1) is 0 Å². The SMILES string of the molecule is O=C(N/N=C/c1c(O)ccc2ccccc12)c1ccc(NC(=O)C2CC2)cc1. The maximum Gasteiger partial charge on any atom is 0.271 e. The van der Waals surface area contributed by atoms with Gasteiger partial charge in [0.05, 0.1) is 6.21 Å². The van der Waals surface area contributed by atoms with Gasteiger partial charge in [0.15, 0.2) is 0 Å². The van der Waals surface area contributed by atoms with Gasteiger partial charge in [0.2, 0.25) is 5.91 Å². The van der Waals surface area contributed by atoms with Crippen LogP contribution < -0.4 is 10.7 Å². The van der Waals surface area contributed by atoms with Gasteiger partial charge in [-0.1, -0.05) is 30.3 Å². The summed E-state index contributed by atoms with van der Waals surface area (Å²) in [5.74, 6) is -0.136. The second kappa shape index (κ2) is 7.52. The van der Waals surface area contributed by atoms with Gasteiger partial charge in [0.25, 0.3) is 5.91 Å². The number of hydrazone groups is 1. The number of nitrogens with one attached hydrogen (secondary N) is 2. The summed E-state index contributed by atoms with van der Waals surface area (Å²) in [6.45, 7) is 0. The largest absolute Gasteiger partial charge is 0.507 e. The van der Waals surface area contributed by atoms with Gasteiger partial charge in [-0.3, -0.25) is 9.59 Å². The average Bonchev–Trinajstić information content (AvgIpc) is 3.55. The Bertz CT molecular complexity index is 1070. The molecule has 1 aliphatic carbocycles. The van der Waals surface area contributed by atoms with E-state index in [9.17, 15) is 14.7 Å². The van der Waals surface area contributed by atoms with Crippen LogP contribution in [0.15, 0.2) is 65.8 Å². The molecule has 3 N–H and O–H groups in total. The molecule has 1 aliphatic rings. The van der Waals surface area contributed by atoms with Crippen LogP contribution in [0.4, 0.5) is 5.69 Å². The smallest absolute Gasteiger partial charge is 0.271 e. The van der Waals surface area contributed by atoms with Crippen LogP contribution in [0, 0.1) is 5.92 Å². The van der Waals surface area contributed by atoms with E-state index in [2.05, 4.69) is 15.8 Å². The molecule has 1 fully saturated rings. The van der Waals surface area contributed by atoms with Crippen molar-refractivity contribution in [2.24, 2.45) is 11.0 Å². The zero-order chi connectivity index (χ0) is 19.5. The van der Waals surface area contributed by atoms with E-state index in [4.69, 9.17) is 0 Å². The summed E-state index contributed by atoms with van der Waals surface area (Å²) in [4.78, 5) is 24.0. The van der Waals surface area contributed by atoms with E-state index in [-0.39, 0.29) is 23.5 Å². The average molecular weight is 373 g/mol. The molecule has 0 radical (unpaired) electrons. The van der Waals surface area contributed by atoms with Gasteiger partial charge >= 0.3 is 0 Å². The molecule has 0 aromatic heterocycles. The van der Waals surface area contributed by atoms with Crippen molar-refractivity contribution in [3.8, 4) is 5.75 Å². The highest BCUT2D eigenvalue weighted by molar-refractivity contribution is 6.03. The van der Waals surface area contributed by atoms with E-state index in [0.29, 0.717) is 16.8 Å². The molecule has 4 rings (SSSR count). The molecular formula is C22H19N3O3. The number of hydrogen-bond acceptors (Lipinski definition) is 4. The summed E-state index contributed by atoms with van der Waals surface area (Å²) in [7, 11) is 0. The molecule has 0 spiro atoms. The highest BCUT2D eigenvalue weighted by Gasteiger charge is 2.29. The van der Waals surface area contributed by atoms with E-state index in [0.717, 1.165) is 23.6 Å². The van der Waals surface area contributed by atoms with Crippen molar-refractivity contribution in [2.45, 2.75) is 12.8 Å². The predicted molar refractivity (Wildman–Crippen MR) is 108 cm³/mol. The number of benzene rings is 3. The minimum Gasteiger partial charge on any atom is -0.507 e. The third kappa shape index (κ3) is 3.86. The van der Waals surface area contributed by atoms with Crippen LogP contribution in [-0.2, 0) is 4.79 Å². The molecule has 140 valence electrons. The molecule has 6 nitrogen and oxygen atoms in total. The molecule has 6 heteroatoms. The van der Waals surface area contributed by atoms with Crippen molar-refractivity contribution >= 4 is 34.5 Å². The van der Waals surface area contributed by atoms with Crippen molar-refractivity contribution in [2.75, 3.05) is 5.32 Å². The lowest BCUT2D eigenvalue weighted by Crippen LogP contribution is -2.18. The number of phenols is 1. The normalized spacial score (nSPS) is 13.6. The zero-order valence-corrected chi connectivity index (χ0v) is 15.1. The number of aromatic hydroxyl groups is 1. The topological polar surface area (TPSA) is 90.8 Å². The quantitative estimate of drug-likeness (QED) is 0.471. The van der Waals surface area contributed by atoms with Gasteiger partial charge in [-0.2, -0.15) is 5.10 Å². The summed E-state index contributed by atoms with van der Waals surface area (Å²) < 4.78 is 0. The molecule has 0 aliphatic heterocycles. The van der Waals surface area contributed by atoms with Crippen LogP contribution in [0.2, 0.25) is 0 Å². The highest BCUT2D eigenvalue weighted by atomic mass is 16.3. The number of amides is 2. The summed E-state index contributed by atoms with van der Waals surface area (Å²) >= 11 is 0. The maximum atomic E-state index is 12.3. The molecule has 3 aromatic rings. The lowest BCUT2D eigenvalue weighted by atomic mass is 10.0. The first-order valence-corrected chi connectivity index (χ1v) is 9.07. The first-order valence-electron chi connectivity index (χ1n) is 9.07. The van der Waals surface area contributed by atoms with Crippen LogP contribution in [0.25, 0.3) is 10.8 Å². The molecule has 3 aromatic carbocycles. The summed E-state index contributed by atoms with van der Waals surface area (Å²) in [6, 6.07) is 17.7. The lowest BCUT2D eigenvalue weighted by Gasteiger charge is -2.06. The van der Waals surface area contributed by atoms with Crippen molar-refractivity contribution in [3.63, 3.8) is 0 Å². The Balaban J connectivity index is 1.43. The molecule has 0 atom stereocenters. The number of carbonyl (C=O) groups is 2. The second-order valence-electron chi connectivity index (χ2n) is 6.76. The molecule has 0 heterocycles.